The van der Waals surface area contributed by atoms with E-state index in [-0.39, 0.29) is 39.9 Å². The van der Waals surface area contributed by atoms with Crippen LogP contribution in [0, 0.1) is 21.7 Å². The first-order valence-electron chi connectivity index (χ1n) is 7.37. The van der Waals surface area contributed by atoms with Gasteiger partial charge in [-0.1, -0.05) is 16.8 Å². The minimum atomic E-state index is -0.902. The Balaban J connectivity index is 1.73. The molecule has 0 atom stereocenters. The predicted molar refractivity (Wildman–Crippen MR) is 89.1 cm³/mol. The van der Waals surface area contributed by atoms with E-state index in [4.69, 9.17) is 20.9 Å². The van der Waals surface area contributed by atoms with Crippen molar-refractivity contribution in [3.63, 3.8) is 0 Å². The minimum Gasteiger partial charge on any atom is -0.455 e. The molecule has 138 valence electrons. The third-order valence-corrected chi connectivity index (χ3v) is 3.82. The second kappa shape index (κ2) is 7.50. The van der Waals surface area contributed by atoms with Gasteiger partial charge in [-0.25, -0.2) is 13.6 Å². The Labute approximate surface area is 155 Å². The van der Waals surface area contributed by atoms with Crippen molar-refractivity contribution >= 4 is 23.3 Å². The van der Waals surface area contributed by atoms with Crippen LogP contribution in [0.5, 0.6) is 0 Å². The number of aromatic nitrogens is 1. The summed E-state index contributed by atoms with van der Waals surface area (Å²) in [6.07, 6.45) is 0. The zero-order chi connectivity index (χ0) is 19.6. The molecule has 0 aliphatic carbocycles. The van der Waals surface area contributed by atoms with Gasteiger partial charge in [-0.05, 0) is 18.2 Å². The van der Waals surface area contributed by atoms with Gasteiger partial charge in [0, 0.05) is 24.3 Å². The first-order chi connectivity index (χ1) is 12.8. The highest BCUT2D eigenvalue weighted by Gasteiger charge is 2.18. The maximum Gasteiger partial charge on any atom is 0.340 e. The lowest BCUT2D eigenvalue weighted by molar-refractivity contribution is -0.384. The highest BCUT2D eigenvalue weighted by atomic mass is 35.5. The Morgan fingerprint density at radius 1 is 1.22 bits per heavy atom. The maximum absolute atomic E-state index is 13.7. The van der Waals surface area contributed by atoms with Crippen molar-refractivity contribution in [2.45, 2.75) is 6.61 Å². The molecule has 3 rings (SSSR count). The van der Waals surface area contributed by atoms with E-state index in [0.717, 1.165) is 18.2 Å². The second-order valence-corrected chi connectivity index (χ2v) is 5.71. The molecule has 0 aliphatic heterocycles. The Hall–Kier alpha value is -3.33. The first-order valence-corrected chi connectivity index (χ1v) is 7.75. The molecule has 0 fully saturated rings. The molecule has 1 heterocycles. The molecule has 0 N–H and O–H groups in total. The van der Waals surface area contributed by atoms with Crippen molar-refractivity contribution in [2.75, 3.05) is 0 Å². The fourth-order valence-electron chi connectivity index (χ4n) is 2.20. The topological polar surface area (TPSA) is 95.5 Å². The normalized spacial score (nSPS) is 10.6. The van der Waals surface area contributed by atoms with Crippen LogP contribution in [0.3, 0.4) is 0 Å². The van der Waals surface area contributed by atoms with Gasteiger partial charge in [0.15, 0.2) is 5.76 Å². The van der Waals surface area contributed by atoms with Crippen LogP contribution in [0.2, 0.25) is 5.02 Å². The molecule has 2 aromatic carbocycles. The van der Waals surface area contributed by atoms with Gasteiger partial charge in [-0.3, -0.25) is 10.1 Å². The van der Waals surface area contributed by atoms with Crippen molar-refractivity contribution in [2.24, 2.45) is 0 Å². The Kier molecular flexibility index (Phi) is 5.13. The second-order valence-electron chi connectivity index (χ2n) is 5.30. The van der Waals surface area contributed by atoms with Crippen LogP contribution in [0.25, 0.3) is 11.3 Å². The van der Waals surface area contributed by atoms with E-state index in [2.05, 4.69) is 5.16 Å². The van der Waals surface area contributed by atoms with Crippen LogP contribution in [-0.4, -0.2) is 16.0 Å². The molecule has 0 spiro atoms. The van der Waals surface area contributed by atoms with E-state index in [0.29, 0.717) is 6.07 Å². The number of rotatable bonds is 5. The summed E-state index contributed by atoms with van der Waals surface area (Å²) in [5, 5.41) is 14.4. The summed E-state index contributed by atoms with van der Waals surface area (Å²) in [4.78, 5) is 22.2. The summed E-state index contributed by atoms with van der Waals surface area (Å²) in [5.41, 5.74) is -0.354. The number of halogens is 3. The molecule has 10 heteroatoms. The van der Waals surface area contributed by atoms with E-state index < -0.39 is 22.5 Å². The molecule has 7 nitrogen and oxygen atoms in total. The van der Waals surface area contributed by atoms with Crippen molar-refractivity contribution in [3.8, 4) is 11.3 Å². The van der Waals surface area contributed by atoms with Gasteiger partial charge in [0.2, 0.25) is 0 Å². The number of hydrogen-bond acceptors (Lipinski definition) is 6. The predicted octanol–water partition coefficient (Wildman–Crippen LogP) is 4.54. The summed E-state index contributed by atoms with van der Waals surface area (Å²) in [6.45, 7) is -0.343. The van der Waals surface area contributed by atoms with E-state index >= 15 is 0 Å². The number of nitro benzene ring substituents is 1. The monoisotopic (exact) mass is 394 g/mol. The van der Waals surface area contributed by atoms with Crippen LogP contribution in [0.1, 0.15) is 16.1 Å². The molecule has 1 aromatic heterocycles. The van der Waals surface area contributed by atoms with E-state index in [1.807, 2.05) is 0 Å². The molecule has 0 bridgehead atoms. The Morgan fingerprint density at radius 2 is 2.00 bits per heavy atom. The summed E-state index contributed by atoms with van der Waals surface area (Å²) in [5.74, 6) is -2.45. The first kappa shape index (κ1) is 18.5. The SMILES string of the molecule is O=C(OCc1cc(-c2ccc(F)cc2F)on1)c1cc([N+](=O)[O-])ccc1Cl. The zero-order valence-corrected chi connectivity index (χ0v) is 14.1. The van der Waals surface area contributed by atoms with Crippen LogP contribution in [0.4, 0.5) is 14.5 Å². The number of carbonyl (C=O) groups excluding carboxylic acids is 1. The van der Waals surface area contributed by atoms with Crippen molar-refractivity contribution in [3.05, 3.63) is 80.5 Å². The summed E-state index contributed by atoms with van der Waals surface area (Å²) >= 11 is 5.86. The van der Waals surface area contributed by atoms with E-state index in [9.17, 15) is 23.7 Å². The molecule has 27 heavy (non-hydrogen) atoms. The average Bonchev–Trinajstić information content (AvgIpc) is 3.08. The van der Waals surface area contributed by atoms with Crippen LogP contribution in [-0.2, 0) is 11.3 Å². The third kappa shape index (κ3) is 4.09. The maximum atomic E-state index is 13.7. The highest BCUT2D eigenvalue weighted by molar-refractivity contribution is 6.33. The van der Waals surface area contributed by atoms with Crippen LogP contribution < -0.4 is 0 Å². The molecule has 0 aliphatic rings. The van der Waals surface area contributed by atoms with E-state index in [1.54, 1.807) is 0 Å². The number of ether oxygens (including phenoxy) is 1. The lowest BCUT2D eigenvalue weighted by atomic mass is 10.1. The molecule has 0 amide bonds. The number of carbonyl (C=O) groups is 1. The van der Waals surface area contributed by atoms with Gasteiger partial charge in [0.1, 0.15) is 23.9 Å². The van der Waals surface area contributed by atoms with Gasteiger partial charge >= 0.3 is 5.97 Å². The standard InChI is InChI=1S/C17H9ClF2N2O5/c18-14-4-2-11(22(24)25)7-13(14)17(23)26-8-10-6-16(27-21-10)12-3-1-9(19)5-15(12)20/h1-7H,8H2. The minimum absolute atomic E-state index is 0.0109. The zero-order valence-electron chi connectivity index (χ0n) is 13.3. The van der Waals surface area contributed by atoms with Gasteiger partial charge in [-0.15, -0.1) is 0 Å². The summed E-state index contributed by atoms with van der Waals surface area (Å²) < 4.78 is 36.7. The fraction of sp³-hybridized carbons (Fsp3) is 0.0588. The van der Waals surface area contributed by atoms with Gasteiger partial charge in [-0.2, -0.15) is 0 Å². The van der Waals surface area contributed by atoms with E-state index in [1.165, 1.54) is 18.2 Å². The lowest BCUT2D eigenvalue weighted by Crippen LogP contribution is -2.06. The van der Waals surface area contributed by atoms with Crippen molar-refractivity contribution in [1.29, 1.82) is 0 Å². The average molecular weight is 395 g/mol. The lowest BCUT2D eigenvalue weighted by Gasteiger charge is -2.04. The molecule has 0 unspecified atom stereocenters. The third-order valence-electron chi connectivity index (χ3n) is 3.49. The molecule has 0 saturated heterocycles. The summed E-state index contributed by atoms with van der Waals surface area (Å²) in [6, 6.07) is 7.62. The van der Waals surface area contributed by atoms with Gasteiger partial charge < -0.3 is 9.26 Å². The largest absolute Gasteiger partial charge is 0.455 e. The number of hydrogen-bond donors (Lipinski definition) is 0. The molecule has 0 radical (unpaired) electrons. The quantitative estimate of drug-likeness (QED) is 0.358. The molecular formula is C17H9ClF2N2O5. The highest BCUT2D eigenvalue weighted by Crippen LogP contribution is 2.26. The fourth-order valence-corrected chi connectivity index (χ4v) is 2.39. The van der Waals surface area contributed by atoms with Gasteiger partial charge in [0.25, 0.3) is 5.69 Å². The van der Waals surface area contributed by atoms with Crippen molar-refractivity contribution < 1.29 is 27.8 Å². The number of non-ortho nitro benzene ring substituents is 1. The molecular weight excluding hydrogens is 386 g/mol. The van der Waals surface area contributed by atoms with Crippen LogP contribution in [0.15, 0.2) is 47.0 Å². The Bertz CT molecular complexity index is 1040. The number of nitro groups is 1. The number of esters is 1. The van der Waals surface area contributed by atoms with Crippen LogP contribution >= 0.6 is 11.6 Å². The molecule has 0 saturated carbocycles. The number of nitrogens with zero attached hydrogens (tertiary/aromatic N) is 2. The van der Waals surface area contributed by atoms with Crippen molar-refractivity contribution in [1.82, 2.24) is 5.16 Å². The Morgan fingerprint density at radius 3 is 2.70 bits per heavy atom. The summed E-state index contributed by atoms with van der Waals surface area (Å²) in [7, 11) is 0. The molecule has 3 aromatic rings. The van der Waals surface area contributed by atoms with Gasteiger partial charge in [0.05, 0.1) is 21.1 Å². The number of benzene rings is 2. The smallest absolute Gasteiger partial charge is 0.340 e.